The van der Waals surface area contributed by atoms with Crippen LogP contribution in [-0.2, 0) is 0 Å². The Hall–Kier alpha value is -1.56. The molecule has 3 rings (SSSR count). The minimum atomic E-state index is -0.152. The number of rotatable bonds is 5. The van der Waals surface area contributed by atoms with Crippen LogP contribution in [0.4, 0.5) is 0 Å². The van der Waals surface area contributed by atoms with E-state index in [9.17, 15) is 4.79 Å². The van der Waals surface area contributed by atoms with E-state index in [4.69, 9.17) is 17.3 Å². The van der Waals surface area contributed by atoms with Crippen LogP contribution in [0, 0.1) is 5.92 Å². The van der Waals surface area contributed by atoms with Crippen LogP contribution in [0.1, 0.15) is 23.2 Å². The molecule has 1 aromatic heterocycles. The fraction of sp³-hybridized carbons (Fsp3) is 0.333. The quantitative estimate of drug-likeness (QED) is 0.782. The van der Waals surface area contributed by atoms with E-state index in [-0.39, 0.29) is 24.4 Å². The predicted molar refractivity (Wildman–Crippen MR) is 89.3 cm³/mol. The van der Waals surface area contributed by atoms with Crippen molar-refractivity contribution < 1.29 is 4.79 Å². The molecule has 0 bridgehead atoms. The zero-order chi connectivity index (χ0) is 14.8. The van der Waals surface area contributed by atoms with E-state index < -0.39 is 0 Å². The molecule has 1 atom stereocenters. The summed E-state index contributed by atoms with van der Waals surface area (Å²) in [5.41, 5.74) is 7.74. The topological polar surface area (TPSA) is 83.8 Å². The number of carbonyl (C=O) groups excluding carboxylic acids is 1. The number of hydrogen-bond donors (Lipinski definition) is 3. The third-order valence-electron chi connectivity index (χ3n) is 3.76. The number of halogens is 2. The first-order valence-corrected chi connectivity index (χ1v) is 7.37. The zero-order valence-electron chi connectivity index (χ0n) is 11.9. The van der Waals surface area contributed by atoms with Crippen molar-refractivity contribution in [1.29, 1.82) is 0 Å². The van der Waals surface area contributed by atoms with Crippen molar-refractivity contribution in [3.05, 3.63) is 41.0 Å². The van der Waals surface area contributed by atoms with E-state index >= 15 is 0 Å². The normalized spacial score (nSPS) is 15.0. The Bertz CT molecular complexity index is 654. The maximum Gasteiger partial charge on any atom is 0.255 e. The van der Waals surface area contributed by atoms with Gasteiger partial charge in [0.1, 0.15) is 0 Å². The SMILES string of the molecule is Cl.NCC(NC(=O)c1cn[nH]c1-c1cccc(Cl)c1)C1CC1. The number of nitrogens with zero attached hydrogens (tertiary/aromatic N) is 1. The van der Waals surface area contributed by atoms with E-state index in [0.717, 1.165) is 18.4 Å². The highest BCUT2D eigenvalue weighted by Gasteiger charge is 2.32. The fourth-order valence-electron chi connectivity index (χ4n) is 2.44. The van der Waals surface area contributed by atoms with Crippen molar-refractivity contribution in [2.45, 2.75) is 18.9 Å². The number of carbonyl (C=O) groups is 1. The molecule has 1 heterocycles. The monoisotopic (exact) mass is 340 g/mol. The molecule has 0 saturated heterocycles. The Labute approximate surface area is 140 Å². The smallest absolute Gasteiger partial charge is 0.255 e. The van der Waals surface area contributed by atoms with Gasteiger partial charge in [-0.3, -0.25) is 9.89 Å². The molecule has 118 valence electrons. The van der Waals surface area contributed by atoms with E-state index in [0.29, 0.717) is 28.7 Å². The number of amides is 1. The second kappa shape index (κ2) is 7.13. The summed E-state index contributed by atoms with van der Waals surface area (Å²) in [7, 11) is 0. The van der Waals surface area contributed by atoms with Crippen molar-refractivity contribution in [3.8, 4) is 11.3 Å². The molecule has 0 aliphatic heterocycles. The molecule has 0 radical (unpaired) electrons. The molecule has 1 unspecified atom stereocenters. The van der Waals surface area contributed by atoms with Crippen molar-refractivity contribution in [3.63, 3.8) is 0 Å². The third-order valence-corrected chi connectivity index (χ3v) is 3.99. The van der Waals surface area contributed by atoms with Crippen LogP contribution in [0.3, 0.4) is 0 Å². The number of benzene rings is 1. The number of aromatic amines is 1. The number of hydrogen-bond acceptors (Lipinski definition) is 3. The highest BCUT2D eigenvalue weighted by Crippen LogP contribution is 2.32. The van der Waals surface area contributed by atoms with Crippen molar-refractivity contribution in [2.24, 2.45) is 11.7 Å². The Morgan fingerprint density at radius 1 is 1.50 bits per heavy atom. The Kier molecular flexibility index (Phi) is 5.45. The maximum atomic E-state index is 12.4. The number of nitrogens with one attached hydrogen (secondary N) is 2. The Morgan fingerprint density at radius 3 is 2.91 bits per heavy atom. The second-order valence-corrected chi connectivity index (χ2v) is 5.76. The van der Waals surface area contributed by atoms with Crippen LogP contribution in [-0.4, -0.2) is 28.7 Å². The summed E-state index contributed by atoms with van der Waals surface area (Å²) in [6.45, 7) is 0.459. The largest absolute Gasteiger partial charge is 0.348 e. The first-order valence-electron chi connectivity index (χ1n) is 6.99. The van der Waals surface area contributed by atoms with Gasteiger partial charge in [0.25, 0.3) is 5.91 Å². The second-order valence-electron chi connectivity index (χ2n) is 5.32. The lowest BCUT2D eigenvalue weighted by atomic mass is 10.1. The average Bonchev–Trinajstić information content (AvgIpc) is 3.20. The van der Waals surface area contributed by atoms with E-state index in [1.165, 1.54) is 6.20 Å². The van der Waals surface area contributed by atoms with Gasteiger partial charge >= 0.3 is 0 Å². The van der Waals surface area contributed by atoms with E-state index in [1.54, 1.807) is 12.1 Å². The van der Waals surface area contributed by atoms with Crippen LogP contribution in [0.15, 0.2) is 30.5 Å². The van der Waals surface area contributed by atoms with Crippen molar-refractivity contribution in [1.82, 2.24) is 15.5 Å². The van der Waals surface area contributed by atoms with Gasteiger partial charge in [-0.25, -0.2) is 0 Å². The van der Waals surface area contributed by atoms with Crippen molar-refractivity contribution >= 4 is 29.9 Å². The molecular formula is C15H18Cl2N4O. The van der Waals surface area contributed by atoms with Gasteiger partial charge in [0, 0.05) is 23.2 Å². The minimum absolute atomic E-state index is 0. The number of nitrogens with two attached hydrogens (primary N) is 1. The van der Waals surface area contributed by atoms with Gasteiger partial charge in [-0.2, -0.15) is 5.10 Å². The summed E-state index contributed by atoms with van der Waals surface area (Å²) >= 11 is 6.00. The third kappa shape index (κ3) is 3.61. The van der Waals surface area contributed by atoms with Gasteiger partial charge in [0.2, 0.25) is 0 Å². The molecular weight excluding hydrogens is 323 g/mol. The van der Waals surface area contributed by atoms with Crippen LogP contribution in [0.5, 0.6) is 0 Å². The molecule has 1 aromatic carbocycles. The molecule has 1 saturated carbocycles. The molecule has 1 aliphatic carbocycles. The number of aromatic nitrogens is 2. The predicted octanol–water partition coefficient (Wildman–Crippen LogP) is 2.62. The summed E-state index contributed by atoms with van der Waals surface area (Å²) < 4.78 is 0. The fourth-order valence-corrected chi connectivity index (χ4v) is 2.63. The van der Waals surface area contributed by atoms with Gasteiger partial charge < -0.3 is 11.1 Å². The summed E-state index contributed by atoms with van der Waals surface area (Å²) in [6.07, 6.45) is 3.80. The summed E-state index contributed by atoms with van der Waals surface area (Å²) in [4.78, 5) is 12.4. The molecule has 7 heteroatoms. The molecule has 22 heavy (non-hydrogen) atoms. The highest BCUT2D eigenvalue weighted by molar-refractivity contribution is 6.30. The van der Waals surface area contributed by atoms with E-state index in [1.807, 2.05) is 12.1 Å². The molecule has 1 aliphatic rings. The first kappa shape index (κ1) is 16.8. The lowest BCUT2D eigenvalue weighted by molar-refractivity contribution is 0.0934. The molecule has 0 spiro atoms. The van der Waals surface area contributed by atoms with Crippen LogP contribution in [0.25, 0.3) is 11.3 Å². The number of H-pyrrole nitrogens is 1. The molecule has 1 amide bonds. The standard InChI is InChI=1S/C15H17ClN4O.ClH/c16-11-3-1-2-10(6-11)14-12(8-18-20-14)15(21)19-13(7-17)9-4-5-9;/h1-3,6,8-9,13H,4-5,7,17H2,(H,18,20)(H,19,21);1H. The summed E-state index contributed by atoms with van der Waals surface area (Å²) in [5.74, 6) is 0.363. The summed E-state index contributed by atoms with van der Waals surface area (Å²) in [6, 6.07) is 7.36. The summed E-state index contributed by atoms with van der Waals surface area (Å²) in [5, 5.41) is 10.5. The zero-order valence-corrected chi connectivity index (χ0v) is 13.5. The van der Waals surface area contributed by atoms with E-state index in [2.05, 4.69) is 15.5 Å². The van der Waals surface area contributed by atoms with Crippen molar-refractivity contribution in [2.75, 3.05) is 6.54 Å². The lowest BCUT2D eigenvalue weighted by Crippen LogP contribution is -2.41. The highest BCUT2D eigenvalue weighted by atomic mass is 35.5. The molecule has 2 aromatic rings. The van der Waals surface area contributed by atoms with Gasteiger partial charge in [0.05, 0.1) is 17.5 Å². The van der Waals surface area contributed by atoms with Gasteiger partial charge in [-0.1, -0.05) is 23.7 Å². The lowest BCUT2D eigenvalue weighted by Gasteiger charge is -2.15. The van der Waals surface area contributed by atoms with Crippen LogP contribution >= 0.6 is 24.0 Å². The molecule has 5 nitrogen and oxygen atoms in total. The average molecular weight is 341 g/mol. The first-order chi connectivity index (χ1) is 10.2. The van der Waals surface area contributed by atoms with Crippen LogP contribution < -0.4 is 11.1 Å². The molecule has 4 N–H and O–H groups in total. The Morgan fingerprint density at radius 2 is 2.27 bits per heavy atom. The van der Waals surface area contributed by atoms with Gasteiger partial charge in [-0.05, 0) is 30.9 Å². The van der Waals surface area contributed by atoms with Gasteiger partial charge in [-0.15, -0.1) is 12.4 Å². The molecule has 1 fully saturated rings. The van der Waals surface area contributed by atoms with Gasteiger partial charge in [0.15, 0.2) is 0 Å². The maximum absolute atomic E-state index is 12.4. The minimum Gasteiger partial charge on any atom is -0.348 e. The van der Waals surface area contributed by atoms with Crippen LogP contribution in [0.2, 0.25) is 5.02 Å². The Balaban J connectivity index is 0.00000176.